The first-order valence-corrected chi connectivity index (χ1v) is 10.8. The number of hydrogen-bond donors (Lipinski definition) is 1. The Balaban J connectivity index is 1.75. The Bertz CT molecular complexity index is 732. The lowest BCUT2D eigenvalue weighted by Crippen LogP contribution is -2.42. The van der Waals surface area contributed by atoms with Crippen LogP contribution in [0.15, 0.2) is 29.2 Å². The van der Waals surface area contributed by atoms with Crippen molar-refractivity contribution >= 4 is 15.9 Å². The molecule has 0 aliphatic carbocycles. The summed E-state index contributed by atoms with van der Waals surface area (Å²) < 4.78 is 27.4. The van der Waals surface area contributed by atoms with Gasteiger partial charge in [-0.25, -0.2) is 8.42 Å². The predicted molar refractivity (Wildman–Crippen MR) is 102 cm³/mol. The summed E-state index contributed by atoms with van der Waals surface area (Å²) in [6, 6.07) is 6.58. The highest BCUT2D eigenvalue weighted by atomic mass is 32.2. The fourth-order valence-electron chi connectivity index (χ4n) is 4.06. The van der Waals surface area contributed by atoms with Gasteiger partial charge < -0.3 is 10.2 Å². The molecule has 26 heavy (non-hydrogen) atoms. The van der Waals surface area contributed by atoms with Gasteiger partial charge in [0.2, 0.25) is 10.0 Å². The fraction of sp³-hybridized carbons (Fsp3) is 0.632. The predicted octanol–water partition coefficient (Wildman–Crippen LogP) is 1.79. The molecule has 2 heterocycles. The van der Waals surface area contributed by atoms with Crippen LogP contribution in [0.3, 0.4) is 0 Å². The van der Waals surface area contributed by atoms with E-state index >= 15 is 0 Å². The molecule has 3 unspecified atom stereocenters. The third-order valence-corrected chi connectivity index (χ3v) is 7.32. The van der Waals surface area contributed by atoms with Crippen LogP contribution in [0.25, 0.3) is 0 Å². The van der Waals surface area contributed by atoms with Crippen LogP contribution in [-0.4, -0.2) is 62.8 Å². The Morgan fingerprint density at radius 3 is 2.31 bits per heavy atom. The summed E-state index contributed by atoms with van der Waals surface area (Å²) in [5.41, 5.74) is 0.527. The molecule has 3 rings (SSSR count). The second-order valence-corrected chi connectivity index (χ2v) is 9.79. The lowest BCUT2D eigenvalue weighted by Gasteiger charge is -2.34. The van der Waals surface area contributed by atoms with Crippen LogP contribution in [-0.2, 0) is 10.0 Å². The Hall–Kier alpha value is -1.44. The summed E-state index contributed by atoms with van der Waals surface area (Å²) in [4.78, 5) is 14.6. The van der Waals surface area contributed by atoms with E-state index in [1.54, 1.807) is 40.5 Å². The minimum absolute atomic E-state index is 0.0668. The molecule has 2 fully saturated rings. The minimum atomic E-state index is -3.51. The average molecular weight is 380 g/mol. The maximum absolute atomic E-state index is 12.9. The van der Waals surface area contributed by atoms with Crippen molar-refractivity contribution in [1.82, 2.24) is 14.5 Å². The van der Waals surface area contributed by atoms with Crippen molar-refractivity contribution in [3.05, 3.63) is 29.8 Å². The maximum atomic E-state index is 12.9. The van der Waals surface area contributed by atoms with Crippen molar-refractivity contribution in [3.8, 4) is 0 Å². The van der Waals surface area contributed by atoms with E-state index in [-0.39, 0.29) is 16.8 Å². The van der Waals surface area contributed by atoms with E-state index < -0.39 is 10.0 Å². The lowest BCUT2D eigenvalue weighted by molar-refractivity contribution is 0.0743. The van der Waals surface area contributed by atoms with Crippen LogP contribution in [0.2, 0.25) is 0 Å². The highest BCUT2D eigenvalue weighted by Crippen LogP contribution is 2.27. The number of hydrogen-bond acceptors (Lipinski definition) is 4. The van der Waals surface area contributed by atoms with E-state index in [1.165, 1.54) is 0 Å². The monoisotopic (exact) mass is 379 g/mol. The van der Waals surface area contributed by atoms with E-state index in [0.29, 0.717) is 30.5 Å². The number of nitrogens with zero attached hydrogens (tertiary/aromatic N) is 2. The quantitative estimate of drug-likeness (QED) is 0.866. The third-order valence-electron chi connectivity index (χ3n) is 5.48. The molecule has 1 aromatic carbocycles. The molecule has 6 nitrogen and oxygen atoms in total. The standard InChI is InChI=1S/C19H29N3O3S/c1-14-10-15(2)13-22(12-14)26(24,25)18-6-4-16(5-7-18)19(23)21(3)17-8-9-20-11-17/h4-7,14-15,17,20H,8-13H2,1-3H3. The number of rotatable bonds is 4. The van der Waals surface area contributed by atoms with Gasteiger partial charge in [-0.2, -0.15) is 4.31 Å². The Kier molecular flexibility index (Phi) is 5.69. The molecular weight excluding hydrogens is 350 g/mol. The van der Waals surface area contributed by atoms with Gasteiger partial charge in [0.05, 0.1) is 4.90 Å². The first-order valence-electron chi connectivity index (χ1n) is 9.37. The number of amides is 1. The van der Waals surface area contributed by atoms with Crippen molar-refractivity contribution in [1.29, 1.82) is 0 Å². The van der Waals surface area contributed by atoms with Crippen molar-refractivity contribution < 1.29 is 13.2 Å². The van der Waals surface area contributed by atoms with Gasteiger partial charge in [-0.1, -0.05) is 13.8 Å². The zero-order chi connectivity index (χ0) is 18.9. The Morgan fingerprint density at radius 2 is 1.77 bits per heavy atom. The molecule has 0 spiro atoms. The van der Waals surface area contributed by atoms with Crippen LogP contribution in [0.5, 0.6) is 0 Å². The number of nitrogens with one attached hydrogen (secondary N) is 1. The summed E-state index contributed by atoms with van der Waals surface area (Å²) in [7, 11) is -1.70. The topological polar surface area (TPSA) is 69.7 Å². The number of sulfonamides is 1. The normalized spacial score (nSPS) is 27.4. The number of piperidine rings is 1. The van der Waals surface area contributed by atoms with Crippen LogP contribution in [0.4, 0.5) is 0 Å². The molecule has 0 bridgehead atoms. The van der Waals surface area contributed by atoms with Gasteiger partial charge in [0.15, 0.2) is 0 Å². The second-order valence-electron chi connectivity index (χ2n) is 7.86. The SMILES string of the molecule is CC1CC(C)CN(S(=O)(=O)c2ccc(C(=O)N(C)C3CCNC3)cc2)C1. The summed E-state index contributed by atoms with van der Waals surface area (Å²) in [5, 5.41) is 3.25. The van der Waals surface area contributed by atoms with Crippen LogP contribution in [0.1, 0.15) is 37.0 Å². The first-order chi connectivity index (χ1) is 12.3. The zero-order valence-electron chi connectivity index (χ0n) is 15.8. The van der Waals surface area contributed by atoms with Gasteiger partial charge in [-0.15, -0.1) is 0 Å². The number of benzene rings is 1. The minimum Gasteiger partial charge on any atom is -0.337 e. The Morgan fingerprint density at radius 1 is 1.15 bits per heavy atom. The molecule has 3 atom stereocenters. The summed E-state index contributed by atoms with van der Waals surface area (Å²) >= 11 is 0. The molecule has 0 saturated carbocycles. The molecule has 1 N–H and O–H groups in total. The number of carbonyl (C=O) groups excluding carboxylic acids is 1. The molecule has 2 aliphatic rings. The van der Waals surface area contributed by atoms with Crippen LogP contribution < -0.4 is 5.32 Å². The van der Waals surface area contributed by atoms with Crippen molar-refractivity contribution in [2.45, 2.75) is 37.6 Å². The van der Waals surface area contributed by atoms with E-state index in [4.69, 9.17) is 0 Å². The largest absolute Gasteiger partial charge is 0.337 e. The highest BCUT2D eigenvalue weighted by molar-refractivity contribution is 7.89. The molecule has 1 amide bonds. The molecule has 0 radical (unpaired) electrons. The van der Waals surface area contributed by atoms with E-state index in [1.807, 2.05) is 0 Å². The van der Waals surface area contributed by atoms with Gasteiger partial charge in [0.1, 0.15) is 0 Å². The number of likely N-dealkylation sites (N-methyl/N-ethyl adjacent to an activating group) is 1. The lowest BCUT2D eigenvalue weighted by atomic mass is 9.94. The molecular formula is C19H29N3O3S. The van der Waals surface area contributed by atoms with Crippen LogP contribution >= 0.6 is 0 Å². The van der Waals surface area contributed by atoms with Gasteiger partial charge in [-0.05, 0) is 55.5 Å². The van der Waals surface area contributed by atoms with E-state index in [0.717, 1.165) is 25.9 Å². The third kappa shape index (κ3) is 3.94. The molecule has 2 aliphatic heterocycles. The smallest absolute Gasteiger partial charge is 0.253 e. The molecule has 1 aromatic rings. The van der Waals surface area contributed by atoms with Crippen molar-refractivity contribution in [2.75, 3.05) is 33.2 Å². The fourth-order valence-corrected chi connectivity index (χ4v) is 5.74. The van der Waals surface area contributed by atoms with E-state index in [9.17, 15) is 13.2 Å². The average Bonchev–Trinajstić information content (AvgIpc) is 3.14. The van der Waals surface area contributed by atoms with Crippen LogP contribution in [0, 0.1) is 11.8 Å². The van der Waals surface area contributed by atoms with E-state index in [2.05, 4.69) is 19.2 Å². The molecule has 2 saturated heterocycles. The van der Waals surface area contributed by atoms with Gasteiger partial charge in [0.25, 0.3) is 5.91 Å². The first kappa shape index (κ1) is 19.3. The second kappa shape index (κ2) is 7.66. The molecule has 7 heteroatoms. The highest BCUT2D eigenvalue weighted by Gasteiger charge is 2.32. The van der Waals surface area contributed by atoms with Gasteiger partial charge in [0, 0.05) is 38.3 Å². The summed E-state index contributed by atoms with van der Waals surface area (Å²) in [6.07, 6.45) is 2.00. The van der Waals surface area contributed by atoms with Crippen molar-refractivity contribution in [2.24, 2.45) is 11.8 Å². The summed E-state index contributed by atoms with van der Waals surface area (Å²) in [5.74, 6) is 0.661. The Labute approximate surface area is 156 Å². The van der Waals surface area contributed by atoms with Gasteiger partial charge in [-0.3, -0.25) is 4.79 Å². The number of carbonyl (C=O) groups is 1. The zero-order valence-corrected chi connectivity index (χ0v) is 16.6. The molecule has 144 valence electrons. The molecule has 0 aromatic heterocycles. The van der Waals surface area contributed by atoms with Gasteiger partial charge >= 0.3 is 0 Å². The maximum Gasteiger partial charge on any atom is 0.253 e. The summed E-state index contributed by atoms with van der Waals surface area (Å²) in [6.45, 7) is 7.03. The van der Waals surface area contributed by atoms with Crippen molar-refractivity contribution in [3.63, 3.8) is 0 Å².